The molecule has 1 saturated carbocycles. The number of carboxylic acids is 1. The Balaban J connectivity index is 3.07. The minimum absolute atomic E-state index is 0.0448. The summed E-state index contributed by atoms with van der Waals surface area (Å²) in [4.78, 5) is 32.8. The van der Waals surface area contributed by atoms with Crippen LogP contribution in [0.15, 0.2) is 10.5 Å². The SMILES string of the molecule is O=C(O)C(S)=C1CCCCC(=O)C1=O. The lowest BCUT2D eigenvalue weighted by Crippen LogP contribution is -2.16. The van der Waals surface area contributed by atoms with Crippen LogP contribution in [0.4, 0.5) is 0 Å². The molecule has 1 aliphatic rings. The quantitative estimate of drug-likeness (QED) is 0.295. The summed E-state index contributed by atoms with van der Waals surface area (Å²) in [5.74, 6) is -2.45. The molecule has 0 spiro atoms. The second-order valence-electron chi connectivity index (χ2n) is 3.09. The third-order valence-electron chi connectivity index (χ3n) is 2.10. The van der Waals surface area contributed by atoms with Crippen LogP contribution < -0.4 is 0 Å². The second kappa shape index (κ2) is 4.41. The lowest BCUT2D eigenvalue weighted by Gasteiger charge is -2.02. The summed E-state index contributed by atoms with van der Waals surface area (Å²) in [6.07, 6.45) is 1.83. The Labute approximate surface area is 86.4 Å². The molecular formula is C9H10O4S. The van der Waals surface area contributed by atoms with E-state index in [-0.39, 0.29) is 16.9 Å². The van der Waals surface area contributed by atoms with Crippen LogP contribution in [0.5, 0.6) is 0 Å². The van der Waals surface area contributed by atoms with Gasteiger partial charge < -0.3 is 5.11 Å². The van der Waals surface area contributed by atoms with Gasteiger partial charge in [-0.25, -0.2) is 4.79 Å². The topological polar surface area (TPSA) is 71.4 Å². The van der Waals surface area contributed by atoms with Gasteiger partial charge in [-0.2, -0.15) is 0 Å². The molecular weight excluding hydrogens is 204 g/mol. The first kappa shape index (κ1) is 11.0. The minimum atomic E-state index is -1.26. The highest BCUT2D eigenvalue weighted by atomic mass is 32.1. The summed E-state index contributed by atoms with van der Waals surface area (Å²) in [6, 6.07) is 0. The van der Waals surface area contributed by atoms with E-state index in [9.17, 15) is 14.4 Å². The fourth-order valence-electron chi connectivity index (χ4n) is 1.34. The molecule has 0 unspecified atom stereocenters. The maximum atomic E-state index is 11.4. The van der Waals surface area contributed by atoms with Gasteiger partial charge >= 0.3 is 5.97 Å². The van der Waals surface area contributed by atoms with Gasteiger partial charge in [-0.15, -0.1) is 12.6 Å². The van der Waals surface area contributed by atoms with Crippen molar-refractivity contribution in [3.8, 4) is 0 Å². The van der Waals surface area contributed by atoms with E-state index >= 15 is 0 Å². The van der Waals surface area contributed by atoms with Crippen molar-refractivity contribution in [3.05, 3.63) is 10.5 Å². The predicted molar refractivity (Wildman–Crippen MR) is 52.1 cm³/mol. The highest BCUT2D eigenvalue weighted by Gasteiger charge is 2.25. The molecule has 0 atom stereocenters. The molecule has 76 valence electrons. The van der Waals surface area contributed by atoms with Crippen molar-refractivity contribution >= 4 is 30.2 Å². The van der Waals surface area contributed by atoms with Crippen molar-refractivity contribution in [2.75, 3.05) is 0 Å². The highest BCUT2D eigenvalue weighted by Crippen LogP contribution is 2.22. The fourth-order valence-corrected chi connectivity index (χ4v) is 1.55. The lowest BCUT2D eigenvalue weighted by molar-refractivity contribution is -0.134. The molecule has 0 aliphatic heterocycles. The number of aliphatic carboxylic acids is 1. The molecule has 0 radical (unpaired) electrons. The van der Waals surface area contributed by atoms with E-state index in [1.54, 1.807) is 0 Å². The molecule has 0 bridgehead atoms. The largest absolute Gasteiger partial charge is 0.477 e. The first-order valence-electron chi connectivity index (χ1n) is 4.27. The maximum Gasteiger partial charge on any atom is 0.342 e. The molecule has 0 amide bonds. The molecule has 1 rings (SSSR count). The van der Waals surface area contributed by atoms with Crippen molar-refractivity contribution in [1.82, 2.24) is 0 Å². The van der Waals surface area contributed by atoms with Gasteiger partial charge in [0.2, 0.25) is 11.6 Å². The minimum Gasteiger partial charge on any atom is -0.477 e. The molecule has 0 aromatic heterocycles. The summed E-state index contributed by atoms with van der Waals surface area (Å²) in [5, 5.41) is 8.63. The van der Waals surface area contributed by atoms with E-state index in [1.165, 1.54) is 0 Å². The van der Waals surface area contributed by atoms with Gasteiger partial charge in [-0.05, 0) is 19.3 Å². The summed E-state index contributed by atoms with van der Waals surface area (Å²) in [6.45, 7) is 0. The predicted octanol–water partition coefficient (Wildman–Crippen LogP) is 0.967. The van der Waals surface area contributed by atoms with Crippen LogP contribution in [0.25, 0.3) is 0 Å². The van der Waals surface area contributed by atoms with E-state index < -0.39 is 17.5 Å². The molecule has 5 heteroatoms. The van der Waals surface area contributed by atoms with Crippen molar-refractivity contribution < 1.29 is 19.5 Å². The van der Waals surface area contributed by atoms with Gasteiger partial charge in [0.05, 0.1) is 4.91 Å². The summed E-state index contributed by atoms with van der Waals surface area (Å²) < 4.78 is 0. The molecule has 14 heavy (non-hydrogen) atoms. The number of carbonyl (C=O) groups is 3. The van der Waals surface area contributed by atoms with E-state index in [0.717, 1.165) is 0 Å². The zero-order valence-electron chi connectivity index (χ0n) is 7.45. The van der Waals surface area contributed by atoms with Crippen LogP contribution in [0.3, 0.4) is 0 Å². The van der Waals surface area contributed by atoms with Crippen LogP contribution >= 0.6 is 12.6 Å². The van der Waals surface area contributed by atoms with Crippen LogP contribution in [-0.2, 0) is 14.4 Å². The number of ketones is 2. The molecule has 0 saturated heterocycles. The maximum absolute atomic E-state index is 11.4. The normalized spacial score (nSPS) is 21.8. The number of carbonyl (C=O) groups excluding carboxylic acids is 2. The summed E-state index contributed by atoms with van der Waals surface area (Å²) in [5.41, 5.74) is 0.0448. The Bertz CT molecular complexity index is 330. The van der Waals surface area contributed by atoms with Crippen molar-refractivity contribution in [2.24, 2.45) is 0 Å². The Morgan fingerprint density at radius 1 is 1.21 bits per heavy atom. The van der Waals surface area contributed by atoms with Crippen LogP contribution in [0.1, 0.15) is 25.7 Å². The number of rotatable bonds is 1. The van der Waals surface area contributed by atoms with Crippen molar-refractivity contribution in [1.29, 1.82) is 0 Å². The molecule has 1 aliphatic carbocycles. The standard InChI is InChI=1S/C9H10O4S/c10-6-4-2-1-3-5(7(6)11)8(14)9(12)13/h14H,1-4H2,(H,12,13). The third kappa shape index (κ3) is 2.23. The average Bonchev–Trinajstić information content (AvgIpc) is 2.29. The molecule has 4 nitrogen and oxygen atoms in total. The fraction of sp³-hybridized carbons (Fsp3) is 0.444. The van der Waals surface area contributed by atoms with E-state index in [2.05, 4.69) is 12.6 Å². The lowest BCUT2D eigenvalue weighted by atomic mass is 10.1. The van der Waals surface area contributed by atoms with E-state index in [4.69, 9.17) is 5.11 Å². The number of thiol groups is 1. The summed E-state index contributed by atoms with van der Waals surface area (Å²) in [7, 11) is 0. The smallest absolute Gasteiger partial charge is 0.342 e. The zero-order valence-corrected chi connectivity index (χ0v) is 8.34. The van der Waals surface area contributed by atoms with Gasteiger partial charge in [0.15, 0.2) is 0 Å². The number of hydrogen-bond donors (Lipinski definition) is 2. The highest BCUT2D eigenvalue weighted by molar-refractivity contribution is 7.85. The van der Waals surface area contributed by atoms with E-state index in [0.29, 0.717) is 19.3 Å². The van der Waals surface area contributed by atoms with Crippen LogP contribution in [0, 0.1) is 0 Å². The molecule has 0 aromatic rings. The first-order valence-corrected chi connectivity index (χ1v) is 4.71. The van der Waals surface area contributed by atoms with Crippen LogP contribution in [0.2, 0.25) is 0 Å². The molecule has 1 N–H and O–H groups in total. The Kier molecular flexibility index (Phi) is 3.46. The van der Waals surface area contributed by atoms with Crippen molar-refractivity contribution in [3.63, 3.8) is 0 Å². The van der Waals surface area contributed by atoms with Crippen molar-refractivity contribution in [2.45, 2.75) is 25.7 Å². The monoisotopic (exact) mass is 214 g/mol. The van der Waals surface area contributed by atoms with Gasteiger partial charge in [-0.3, -0.25) is 9.59 Å². The first-order chi connectivity index (χ1) is 6.54. The van der Waals surface area contributed by atoms with Gasteiger partial charge in [-0.1, -0.05) is 0 Å². The molecule has 1 fully saturated rings. The van der Waals surface area contributed by atoms with Crippen LogP contribution in [-0.4, -0.2) is 22.6 Å². The van der Waals surface area contributed by atoms with Gasteiger partial charge in [0.1, 0.15) is 0 Å². The molecule has 0 heterocycles. The number of allylic oxidation sites excluding steroid dienone is 1. The second-order valence-corrected chi connectivity index (χ2v) is 3.54. The number of carboxylic acid groups (broad SMARTS) is 1. The summed E-state index contributed by atoms with van der Waals surface area (Å²) >= 11 is 3.72. The Hall–Kier alpha value is -1.10. The number of hydrogen-bond acceptors (Lipinski definition) is 4. The van der Waals surface area contributed by atoms with Gasteiger partial charge in [0.25, 0.3) is 0 Å². The zero-order chi connectivity index (χ0) is 10.7. The molecule has 0 aromatic carbocycles. The number of Topliss-reactive ketones (excluding diaryl/α,β-unsaturated/α-hetero) is 2. The Morgan fingerprint density at radius 3 is 2.36 bits per heavy atom. The Morgan fingerprint density at radius 2 is 1.79 bits per heavy atom. The average molecular weight is 214 g/mol. The van der Waals surface area contributed by atoms with E-state index in [1.807, 2.05) is 0 Å². The third-order valence-corrected chi connectivity index (χ3v) is 2.56. The van der Waals surface area contributed by atoms with Gasteiger partial charge in [0, 0.05) is 12.0 Å².